The number of ether oxygens (including phenoxy) is 1. The van der Waals surface area contributed by atoms with Gasteiger partial charge in [0.2, 0.25) is 0 Å². The molecule has 4 rings (SSSR count). The SMILES string of the molecule is Cc1ccc(C(C)C)c(OCCN2C(=O)S/C(=C\c3cccn3-c3ccc([N+](=O)[O-])cc3)C2=O)c1. The summed E-state index contributed by atoms with van der Waals surface area (Å²) < 4.78 is 7.75. The highest BCUT2D eigenvalue weighted by molar-refractivity contribution is 8.18. The number of carbonyl (C=O) groups is 2. The van der Waals surface area contributed by atoms with Crippen molar-refractivity contribution in [2.45, 2.75) is 26.7 Å². The van der Waals surface area contributed by atoms with Gasteiger partial charge in [-0.15, -0.1) is 0 Å². The van der Waals surface area contributed by atoms with Crippen LogP contribution in [0.15, 0.2) is 65.7 Å². The fourth-order valence-electron chi connectivity index (χ4n) is 3.80. The van der Waals surface area contributed by atoms with Gasteiger partial charge in [0.15, 0.2) is 0 Å². The first kappa shape index (κ1) is 24.3. The number of nitro groups is 1. The molecular weight excluding hydrogens is 466 g/mol. The summed E-state index contributed by atoms with van der Waals surface area (Å²) in [5, 5.41) is 10.6. The predicted molar refractivity (Wildman–Crippen MR) is 136 cm³/mol. The number of benzene rings is 2. The highest BCUT2D eigenvalue weighted by Gasteiger charge is 2.35. The molecule has 8 nitrogen and oxygen atoms in total. The molecule has 1 aliphatic heterocycles. The number of hydrogen-bond donors (Lipinski definition) is 0. The van der Waals surface area contributed by atoms with Crippen LogP contribution in [0.1, 0.15) is 36.6 Å². The smallest absolute Gasteiger partial charge is 0.293 e. The molecular formula is C26H25N3O5S. The predicted octanol–water partition coefficient (Wildman–Crippen LogP) is 5.93. The molecule has 0 N–H and O–H groups in total. The Balaban J connectivity index is 1.46. The summed E-state index contributed by atoms with van der Waals surface area (Å²) in [5.74, 6) is 0.689. The molecule has 0 aliphatic carbocycles. The molecule has 3 aromatic rings. The van der Waals surface area contributed by atoms with E-state index in [0.717, 1.165) is 28.6 Å². The van der Waals surface area contributed by atoms with Crippen molar-refractivity contribution in [3.05, 3.63) is 92.6 Å². The van der Waals surface area contributed by atoms with Crippen LogP contribution in [-0.4, -0.2) is 38.7 Å². The first-order valence-corrected chi connectivity index (χ1v) is 12.0. The van der Waals surface area contributed by atoms with Gasteiger partial charge in [-0.2, -0.15) is 0 Å². The van der Waals surface area contributed by atoms with Crippen molar-refractivity contribution in [3.8, 4) is 11.4 Å². The molecule has 1 fully saturated rings. The molecule has 9 heteroatoms. The van der Waals surface area contributed by atoms with Gasteiger partial charge in [0.05, 0.1) is 16.4 Å². The van der Waals surface area contributed by atoms with Gasteiger partial charge in [0.25, 0.3) is 16.8 Å². The van der Waals surface area contributed by atoms with Crippen LogP contribution in [0.2, 0.25) is 0 Å². The number of aryl methyl sites for hydroxylation is 1. The minimum atomic E-state index is -0.456. The molecule has 1 aromatic heterocycles. The van der Waals surface area contributed by atoms with E-state index in [2.05, 4.69) is 13.8 Å². The zero-order valence-electron chi connectivity index (χ0n) is 19.6. The average Bonchev–Trinajstić information content (AvgIpc) is 3.38. The molecule has 0 bridgehead atoms. The summed E-state index contributed by atoms with van der Waals surface area (Å²) in [5.41, 5.74) is 3.55. The summed E-state index contributed by atoms with van der Waals surface area (Å²) in [6, 6.07) is 15.8. The molecule has 0 radical (unpaired) electrons. The Morgan fingerprint density at radius 2 is 1.86 bits per heavy atom. The molecule has 2 heterocycles. The van der Waals surface area contributed by atoms with Crippen LogP contribution >= 0.6 is 11.8 Å². The number of carbonyl (C=O) groups excluding carboxylic acids is 2. The van der Waals surface area contributed by atoms with E-state index in [1.807, 2.05) is 31.2 Å². The lowest BCUT2D eigenvalue weighted by molar-refractivity contribution is -0.384. The number of aromatic nitrogens is 1. The Hall–Kier alpha value is -3.85. The molecule has 0 spiro atoms. The van der Waals surface area contributed by atoms with Crippen molar-refractivity contribution >= 4 is 34.7 Å². The minimum absolute atomic E-state index is 0.00280. The second-order valence-corrected chi connectivity index (χ2v) is 9.45. The Morgan fingerprint density at radius 1 is 1.11 bits per heavy atom. The van der Waals surface area contributed by atoms with E-state index >= 15 is 0 Å². The van der Waals surface area contributed by atoms with Crippen molar-refractivity contribution in [1.29, 1.82) is 0 Å². The molecule has 0 unspecified atom stereocenters. The van der Waals surface area contributed by atoms with Crippen LogP contribution < -0.4 is 4.74 Å². The van der Waals surface area contributed by atoms with Crippen LogP contribution in [0.25, 0.3) is 11.8 Å². The normalized spacial score (nSPS) is 14.9. The Labute approximate surface area is 207 Å². The quantitative estimate of drug-likeness (QED) is 0.220. The van der Waals surface area contributed by atoms with Gasteiger partial charge in [0, 0.05) is 29.7 Å². The third-order valence-corrected chi connectivity index (χ3v) is 6.54. The molecule has 2 amide bonds. The van der Waals surface area contributed by atoms with Crippen molar-refractivity contribution in [2.24, 2.45) is 0 Å². The number of amides is 2. The van der Waals surface area contributed by atoms with Gasteiger partial charge in [-0.05, 0) is 72.1 Å². The standard InChI is InChI=1S/C26H25N3O5S/c1-17(2)22-11-6-18(3)15-23(22)34-14-13-28-25(30)24(35-26(28)31)16-21-5-4-12-27(21)19-7-9-20(10-8-19)29(32)33/h4-12,15-17H,13-14H2,1-3H3/b24-16-. The number of nitrogens with zero attached hydrogens (tertiary/aromatic N) is 3. The Morgan fingerprint density at radius 3 is 2.54 bits per heavy atom. The fourth-order valence-corrected chi connectivity index (χ4v) is 4.65. The van der Waals surface area contributed by atoms with E-state index in [0.29, 0.717) is 16.3 Å². The van der Waals surface area contributed by atoms with Crippen LogP contribution in [0, 0.1) is 17.0 Å². The minimum Gasteiger partial charge on any atom is -0.491 e. The number of non-ortho nitro benzene ring substituents is 1. The van der Waals surface area contributed by atoms with Crippen LogP contribution in [-0.2, 0) is 4.79 Å². The van der Waals surface area contributed by atoms with Crippen molar-refractivity contribution in [3.63, 3.8) is 0 Å². The molecule has 0 atom stereocenters. The molecule has 35 heavy (non-hydrogen) atoms. The van der Waals surface area contributed by atoms with Crippen LogP contribution in [0.4, 0.5) is 10.5 Å². The van der Waals surface area contributed by atoms with Gasteiger partial charge in [-0.3, -0.25) is 24.6 Å². The molecule has 0 saturated carbocycles. The summed E-state index contributed by atoms with van der Waals surface area (Å²) in [4.78, 5) is 37.5. The van der Waals surface area contributed by atoms with Crippen molar-refractivity contribution in [1.82, 2.24) is 9.47 Å². The van der Waals surface area contributed by atoms with E-state index < -0.39 is 4.92 Å². The highest BCUT2D eigenvalue weighted by atomic mass is 32.2. The van der Waals surface area contributed by atoms with Gasteiger partial charge >= 0.3 is 0 Å². The van der Waals surface area contributed by atoms with Crippen molar-refractivity contribution in [2.75, 3.05) is 13.2 Å². The zero-order chi connectivity index (χ0) is 25.1. The largest absolute Gasteiger partial charge is 0.491 e. The second kappa shape index (κ2) is 10.2. The number of nitro benzene ring substituents is 1. The molecule has 180 valence electrons. The van der Waals surface area contributed by atoms with Gasteiger partial charge < -0.3 is 9.30 Å². The summed E-state index contributed by atoms with van der Waals surface area (Å²) in [6.45, 7) is 6.52. The van der Waals surface area contributed by atoms with Gasteiger partial charge in [-0.1, -0.05) is 26.0 Å². The van der Waals surface area contributed by atoms with Gasteiger partial charge in [-0.25, -0.2) is 0 Å². The third-order valence-electron chi connectivity index (χ3n) is 5.64. The second-order valence-electron chi connectivity index (χ2n) is 8.45. The monoisotopic (exact) mass is 491 g/mol. The van der Waals surface area contributed by atoms with E-state index in [9.17, 15) is 19.7 Å². The fraction of sp³-hybridized carbons (Fsp3) is 0.231. The lowest BCUT2D eigenvalue weighted by Crippen LogP contribution is -2.32. The van der Waals surface area contributed by atoms with E-state index in [1.165, 1.54) is 17.0 Å². The zero-order valence-corrected chi connectivity index (χ0v) is 20.5. The van der Waals surface area contributed by atoms with Crippen LogP contribution in [0.3, 0.4) is 0 Å². The summed E-state index contributed by atoms with van der Waals surface area (Å²) in [6.07, 6.45) is 3.45. The van der Waals surface area contributed by atoms with Crippen molar-refractivity contribution < 1.29 is 19.2 Å². The summed E-state index contributed by atoms with van der Waals surface area (Å²) >= 11 is 0.887. The summed E-state index contributed by atoms with van der Waals surface area (Å²) in [7, 11) is 0. The average molecular weight is 492 g/mol. The first-order chi connectivity index (χ1) is 16.7. The lowest BCUT2D eigenvalue weighted by Gasteiger charge is -2.17. The first-order valence-electron chi connectivity index (χ1n) is 11.2. The number of thioether (sulfide) groups is 1. The third kappa shape index (κ3) is 5.30. The Bertz CT molecular complexity index is 1310. The van der Waals surface area contributed by atoms with E-state index in [4.69, 9.17) is 4.74 Å². The maximum Gasteiger partial charge on any atom is 0.293 e. The number of hydrogen-bond acceptors (Lipinski definition) is 6. The number of imide groups is 1. The molecule has 1 aliphatic rings. The highest BCUT2D eigenvalue weighted by Crippen LogP contribution is 2.33. The molecule has 1 saturated heterocycles. The lowest BCUT2D eigenvalue weighted by atomic mass is 10.0. The van der Waals surface area contributed by atoms with Crippen LogP contribution in [0.5, 0.6) is 5.75 Å². The number of rotatable bonds is 8. The van der Waals surface area contributed by atoms with E-state index in [-0.39, 0.29) is 35.9 Å². The maximum atomic E-state index is 13.0. The van der Waals surface area contributed by atoms with Gasteiger partial charge in [0.1, 0.15) is 12.4 Å². The van der Waals surface area contributed by atoms with E-state index in [1.54, 1.807) is 35.0 Å². The topological polar surface area (TPSA) is 94.7 Å². The Kier molecular flexibility index (Phi) is 7.07. The molecule has 2 aromatic carbocycles. The maximum absolute atomic E-state index is 13.0.